The van der Waals surface area contributed by atoms with Crippen LogP contribution < -0.4 is 4.90 Å². The molecule has 4 aromatic rings. The fourth-order valence-electron chi connectivity index (χ4n) is 4.96. The number of nitrogens with zero attached hydrogens (tertiary/aromatic N) is 7. The topological polar surface area (TPSA) is 130 Å². The fourth-order valence-corrected chi connectivity index (χ4v) is 5.79. The van der Waals surface area contributed by atoms with Crippen LogP contribution in [0, 0.1) is 0 Å². The van der Waals surface area contributed by atoms with Gasteiger partial charge in [0.15, 0.2) is 5.65 Å². The molecule has 2 fully saturated rings. The van der Waals surface area contributed by atoms with Gasteiger partial charge >= 0.3 is 0 Å². The zero-order valence-corrected chi connectivity index (χ0v) is 21.3. The van der Waals surface area contributed by atoms with Crippen molar-refractivity contribution in [3.05, 3.63) is 36.7 Å². The standard InChI is InChI=1S/C24H28N8O4S/c1-37(34,35)31-9-7-29(8-10-31)16-21(33)32-23-19(15-26-32)22(18-3-2-4-20-17(18)5-6-25-20)27-24(28-23)30-11-13-36-14-12-30/h2-6,15,25H,7-14,16H2,1H3. The zero-order chi connectivity index (χ0) is 25.6. The first kappa shape index (κ1) is 24.0. The lowest BCUT2D eigenvalue weighted by Crippen LogP contribution is -2.50. The van der Waals surface area contributed by atoms with Crippen molar-refractivity contribution in [1.29, 1.82) is 0 Å². The van der Waals surface area contributed by atoms with Gasteiger partial charge in [-0.15, -0.1) is 0 Å². The highest BCUT2D eigenvalue weighted by Crippen LogP contribution is 2.33. The predicted octanol–water partition coefficient (Wildman–Crippen LogP) is 1.03. The smallest absolute Gasteiger partial charge is 0.263 e. The van der Waals surface area contributed by atoms with Crippen LogP contribution in [0.1, 0.15) is 4.79 Å². The second kappa shape index (κ2) is 9.49. The lowest BCUT2D eigenvalue weighted by atomic mass is 10.0. The minimum atomic E-state index is -3.24. The highest BCUT2D eigenvalue weighted by atomic mass is 32.2. The third kappa shape index (κ3) is 4.59. The Morgan fingerprint density at radius 1 is 1.03 bits per heavy atom. The molecule has 6 rings (SSSR count). The molecule has 1 aromatic carbocycles. The summed E-state index contributed by atoms with van der Waals surface area (Å²) in [6.07, 6.45) is 4.76. The van der Waals surface area contributed by atoms with Gasteiger partial charge in [0.05, 0.1) is 43.3 Å². The highest BCUT2D eigenvalue weighted by molar-refractivity contribution is 7.88. The van der Waals surface area contributed by atoms with Gasteiger partial charge in [0.2, 0.25) is 16.0 Å². The summed E-state index contributed by atoms with van der Waals surface area (Å²) in [4.78, 5) is 30.4. The molecule has 0 radical (unpaired) electrons. The number of rotatable bonds is 5. The van der Waals surface area contributed by atoms with Gasteiger partial charge in [0.25, 0.3) is 5.91 Å². The SMILES string of the molecule is CS(=O)(=O)N1CCN(CC(=O)n2ncc3c(-c4cccc5[nH]ccc45)nc(N4CCOCC4)nc32)CC1. The maximum Gasteiger partial charge on any atom is 0.263 e. The van der Waals surface area contributed by atoms with E-state index in [0.29, 0.717) is 69.5 Å². The van der Waals surface area contributed by atoms with Crippen molar-refractivity contribution in [2.75, 3.05) is 70.2 Å². The quantitative estimate of drug-likeness (QED) is 0.407. The van der Waals surface area contributed by atoms with Crippen molar-refractivity contribution in [3.63, 3.8) is 0 Å². The highest BCUT2D eigenvalue weighted by Gasteiger charge is 2.27. The zero-order valence-electron chi connectivity index (χ0n) is 20.5. The average Bonchev–Trinajstić information content (AvgIpc) is 3.56. The molecule has 0 saturated carbocycles. The molecular formula is C24H28N8O4S. The van der Waals surface area contributed by atoms with Crippen LogP contribution in [0.2, 0.25) is 0 Å². The molecule has 0 amide bonds. The van der Waals surface area contributed by atoms with E-state index >= 15 is 0 Å². The van der Waals surface area contributed by atoms with Gasteiger partial charge in [-0.05, 0) is 12.1 Å². The number of aromatic amines is 1. The summed E-state index contributed by atoms with van der Waals surface area (Å²) >= 11 is 0. The number of ether oxygens (including phenoxy) is 1. The number of carbonyl (C=O) groups excluding carboxylic acids is 1. The Kier molecular flexibility index (Phi) is 6.15. The van der Waals surface area contributed by atoms with E-state index in [4.69, 9.17) is 14.7 Å². The number of hydrogen-bond donors (Lipinski definition) is 1. The first-order valence-corrected chi connectivity index (χ1v) is 14.1. The number of benzene rings is 1. The molecule has 2 aliphatic rings. The lowest BCUT2D eigenvalue weighted by molar-refractivity contribution is 0.0809. The van der Waals surface area contributed by atoms with Crippen LogP contribution in [0.25, 0.3) is 33.2 Å². The van der Waals surface area contributed by atoms with E-state index in [2.05, 4.69) is 15.0 Å². The normalized spacial score (nSPS) is 18.1. The molecular weight excluding hydrogens is 496 g/mol. The number of hydrogen-bond acceptors (Lipinski definition) is 9. The van der Waals surface area contributed by atoms with Crippen LogP contribution in [-0.2, 0) is 14.8 Å². The summed E-state index contributed by atoms with van der Waals surface area (Å²) in [6.45, 7) is 4.29. The minimum Gasteiger partial charge on any atom is -0.378 e. The van der Waals surface area contributed by atoms with E-state index in [-0.39, 0.29) is 12.5 Å². The summed E-state index contributed by atoms with van der Waals surface area (Å²) in [6, 6.07) is 8.01. The molecule has 0 bridgehead atoms. The molecule has 13 heteroatoms. The van der Waals surface area contributed by atoms with Crippen molar-refractivity contribution in [3.8, 4) is 11.3 Å². The van der Waals surface area contributed by atoms with Gasteiger partial charge in [-0.2, -0.15) is 19.1 Å². The number of morpholine rings is 1. The number of carbonyl (C=O) groups is 1. The minimum absolute atomic E-state index is 0.119. The molecule has 0 unspecified atom stereocenters. The van der Waals surface area contributed by atoms with Gasteiger partial charge in [0.1, 0.15) is 0 Å². The number of aromatic nitrogens is 5. The van der Waals surface area contributed by atoms with Crippen LogP contribution >= 0.6 is 0 Å². The molecule has 12 nitrogen and oxygen atoms in total. The van der Waals surface area contributed by atoms with Crippen molar-refractivity contribution in [2.45, 2.75) is 0 Å². The Balaban J connectivity index is 1.37. The largest absolute Gasteiger partial charge is 0.378 e. The second-order valence-corrected chi connectivity index (χ2v) is 11.3. The lowest BCUT2D eigenvalue weighted by Gasteiger charge is -2.32. The number of piperazine rings is 1. The maximum atomic E-state index is 13.4. The molecule has 0 atom stereocenters. The fraction of sp³-hybridized carbons (Fsp3) is 0.417. The molecule has 37 heavy (non-hydrogen) atoms. The second-order valence-electron chi connectivity index (χ2n) is 9.34. The molecule has 0 spiro atoms. The van der Waals surface area contributed by atoms with Gasteiger partial charge < -0.3 is 14.6 Å². The number of sulfonamides is 1. The monoisotopic (exact) mass is 524 g/mol. The Labute approximate surface area is 213 Å². The summed E-state index contributed by atoms with van der Waals surface area (Å²) in [5, 5.41) is 6.16. The van der Waals surface area contributed by atoms with Crippen LogP contribution in [0.3, 0.4) is 0 Å². The van der Waals surface area contributed by atoms with Gasteiger partial charge in [-0.25, -0.2) is 13.4 Å². The number of fused-ring (bicyclic) bond motifs is 2. The van der Waals surface area contributed by atoms with Crippen LogP contribution in [0.5, 0.6) is 0 Å². The molecule has 1 N–H and O–H groups in total. The molecule has 2 aliphatic heterocycles. The van der Waals surface area contributed by atoms with Crippen LogP contribution in [0.4, 0.5) is 5.95 Å². The van der Waals surface area contributed by atoms with Crippen LogP contribution in [0.15, 0.2) is 36.7 Å². The van der Waals surface area contributed by atoms with Crippen molar-refractivity contribution < 1.29 is 17.9 Å². The molecule has 0 aliphatic carbocycles. The van der Waals surface area contributed by atoms with Crippen LogP contribution in [-0.4, -0.2) is 114 Å². The summed E-state index contributed by atoms with van der Waals surface area (Å²) < 4.78 is 31.9. The van der Waals surface area contributed by atoms with E-state index in [1.54, 1.807) is 6.20 Å². The average molecular weight is 525 g/mol. The van der Waals surface area contributed by atoms with E-state index in [1.165, 1.54) is 15.2 Å². The predicted molar refractivity (Wildman–Crippen MR) is 139 cm³/mol. The summed E-state index contributed by atoms with van der Waals surface area (Å²) in [7, 11) is -3.24. The van der Waals surface area contributed by atoms with E-state index in [1.807, 2.05) is 35.4 Å². The molecule has 3 aromatic heterocycles. The number of H-pyrrole nitrogens is 1. The van der Waals surface area contributed by atoms with Gasteiger partial charge in [0, 0.05) is 61.9 Å². The van der Waals surface area contributed by atoms with Gasteiger partial charge in [-0.3, -0.25) is 9.69 Å². The Morgan fingerprint density at radius 2 is 1.81 bits per heavy atom. The first-order chi connectivity index (χ1) is 17.9. The molecule has 5 heterocycles. The molecule has 194 valence electrons. The number of nitrogens with one attached hydrogen (secondary N) is 1. The third-order valence-electron chi connectivity index (χ3n) is 6.96. The first-order valence-electron chi connectivity index (χ1n) is 12.2. The third-order valence-corrected chi connectivity index (χ3v) is 8.26. The Bertz CT molecular complexity index is 1570. The van der Waals surface area contributed by atoms with Gasteiger partial charge in [-0.1, -0.05) is 12.1 Å². The van der Waals surface area contributed by atoms with Crippen molar-refractivity contribution in [1.82, 2.24) is 33.9 Å². The van der Waals surface area contributed by atoms with E-state index in [0.717, 1.165) is 22.2 Å². The van der Waals surface area contributed by atoms with E-state index in [9.17, 15) is 13.2 Å². The number of anilines is 1. The summed E-state index contributed by atoms with van der Waals surface area (Å²) in [5.74, 6) is 0.315. The Morgan fingerprint density at radius 3 is 2.57 bits per heavy atom. The Hall–Kier alpha value is -3.39. The van der Waals surface area contributed by atoms with Crippen molar-refractivity contribution in [2.24, 2.45) is 0 Å². The van der Waals surface area contributed by atoms with Crippen molar-refractivity contribution >= 4 is 43.8 Å². The molecule has 2 saturated heterocycles. The maximum absolute atomic E-state index is 13.4. The van der Waals surface area contributed by atoms with E-state index < -0.39 is 10.0 Å². The summed E-state index contributed by atoms with van der Waals surface area (Å²) in [5.41, 5.74) is 3.11.